The first-order valence-corrected chi connectivity index (χ1v) is 8.72. The zero-order chi connectivity index (χ0) is 18.2. The second-order valence-electron chi connectivity index (χ2n) is 5.95. The summed E-state index contributed by atoms with van der Waals surface area (Å²) in [5.74, 6) is 2.23. The van der Waals surface area contributed by atoms with Crippen LogP contribution in [0.2, 0.25) is 0 Å². The van der Waals surface area contributed by atoms with Gasteiger partial charge in [0.1, 0.15) is 17.5 Å². The number of aromatic nitrogens is 4. The molecule has 9 heteroatoms. The molecule has 0 bridgehead atoms. The van der Waals surface area contributed by atoms with Crippen LogP contribution in [0.25, 0.3) is 0 Å². The minimum atomic E-state index is -0.226. The molecule has 0 radical (unpaired) electrons. The second-order valence-corrected chi connectivity index (χ2v) is 5.95. The summed E-state index contributed by atoms with van der Waals surface area (Å²) >= 11 is 0. The van der Waals surface area contributed by atoms with Crippen LogP contribution in [-0.2, 0) is 4.79 Å². The number of hydrogen-bond acceptors (Lipinski definition) is 8. The molecule has 26 heavy (non-hydrogen) atoms. The summed E-state index contributed by atoms with van der Waals surface area (Å²) in [6.45, 7) is 4.86. The standard InChI is InChI=1S/C17H23N7O2/c1-13-22-14(11-15(23-13)24-9-2-3-10-24)18-7-8-19-16(25)12-26-17-20-5-4-6-21-17/h4-6,11H,2-3,7-10,12H2,1H3,(H,19,25)(H,18,22,23). The van der Waals surface area contributed by atoms with Crippen LogP contribution < -0.4 is 20.3 Å². The van der Waals surface area contributed by atoms with Gasteiger partial charge in [0, 0.05) is 44.6 Å². The lowest BCUT2D eigenvalue weighted by Crippen LogP contribution is -2.33. The van der Waals surface area contributed by atoms with Gasteiger partial charge in [-0.05, 0) is 25.8 Å². The molecule has 2 N–H and O–H groups in total. The highest BCUT2D eigenvalue weighted by Crippen LogP contribution is 2.20. The van der Waals surface area contributed by atoms with Gasteiger partial charge in [-0.25, -0.2) is 19.9 Å². The van der Waals surface area contributed by atoms with Crippen molar-refractivity contribution >= 4 is 17.5 Å². The molecule has 1 amide bonds. The number of rotatable bonds is 8. The molecule has 1 fully saturated rings. The van der Waals surface area contributed by atoms with Crippen molar-refractivity contribution in [1.29, 1.82) is 0 Å². The molecule has 1 aliphatic heterocycles. The quantitative estimate of drug-likeness (QED) is 0.668. The molecule has 1 saturated heterocycles. The van der Waals surface area contributed by atoms with Gasteiger partial charge < -0.3 is 20.3 Å². The summed E-state index contributed by atoms with van der Waals surface area (Å²) in [7, 11) is 0. The molecule has 3 heterocycles. The minimum absolute atomic E-state index is 0.115. The number of carbonyl (C=O) groups is 1. The zero-order valence-electron chi connectivity index (χ0n) is 14.8. The van der Waals surface area contributed by atoms with Gasteiger partial charge in [0.15, 0.2) is 6.61 Å². The molecule has 0 aliphatic carbocycles. The highest BCUT2D eigenvalue weighted by Gasteiger charge is 2.15. The summed E-state index contributed by atoms with van der Waals surface area (Å²) in [6.07, 6.45) is 5.52. The molecule has 0 aromatic carbocycles. The van der Waals surface area contributed by atoms with E-state index in [1.807, 2.05) is 13.0 Å². The Labute approximate surface area is 152 Å². The molecule has 0 atom stereocenters. The average molecular weight is 357 g/mol. The van der Waals surface area contributed by atoms with E-state index in [1.165, 1.54) is 12.8 Å². The highest BCUT2D eigenvalue weighted by molar-refractivity contribution is 5.77. The molecule has 9 nitrogen and oxygen atoms in total. The smallest absolute Gasteiger partial charge is 0.316 e. The largest absolute Gasteiger partial charge is 0.453 e. The lowest BCUT2D eigenvalue weighted by Gasteiger charge is -2.17. The zero-order valence-corrected chi connectivity index (χ0v) is 14.8. The Hall–Kier alpha value is -2.97. The second kappa shape index (κ2) is 8.93. The van der Waals surface area contributed by atoms with E-state index in [4.69, 9.17) is 4.74 Å². The van der Waals surface area contributed by atoms with Crippen molar-refractivity contribution in [2.24, 2.45) is 0 Å². The van der Waals surface area contributed by atoms with Crippen molar-refractivity contribution in [1.82, 2.24) is 25.3 Å². The number of amides is 1. The summed E-state index contributed by atoms with van der Waals surface area (Å²) in [4.78, 5) is 30.7. The summed E-state index contributed by atoms with van der Waals surface area (Å²) in [5.41, 5.74) is 0. The van der Waals surface area contributed by atoms with E-state index in [9.17, 15) is 4.79 Å². The lowest BCUT2D eigenvalue weighted by atomic mass is 10.4. The molecule has 1 aliphatic rings. The van der Waals surface area contributed by atoms with Crippen molar-refractivity contribution < 1.29 is 9.53 Å². The van der Waals surface area contributed by atoms with Crippen molar-refractivity contribution in [2.45, 2.75) is 19.8 Å². The van der Waals surface area contributed by atoms with Crippen LogP contribution >= 0.6 is 0 Å². The number of nitrogens with one attached hydrogen (secondary N) is 2. The number of ether oxygens (including phenoxy) is 1. The average Bonchev–Trinajstić information content (AvgIpc) is 3.19. The first-order valence-electron chi connectivity index (χ1n) is 8.72. The Morgan fingerprint density at radius 2 is 1.96 bits per heavy atom. The van der Waals surface area contributed by atoms with Gasteiger partial charge in [-0.2, -0.15) is 0 Å². The van der Waals surface area contributed by atoms with Gasteiger partial charge in [-0.3, -0.25) is 4.79 Å². The third-order valence-corrected chi connectivity index (χ3v) is 3.88. The number of hydrogen-bond donors (Lipinski definition) is 2. The van der Waals surface area contributed by atoms with Crippen LogP contribution in [0.15, 0.2) is 24.5 Å². The van der Waals surface area contributed by atoms with Crippen molar-refractivity contribution in [3.63, 3.8) is 0 Å². The predicted octanol–water partition coefficient (Wildman–Crippen LogP) is 0.782. The maximum Gasteiger partial charge on any atom is 0.316 e. The van der Waals surface area contributed by atoms with Gasteiger partial charge in [0.2, 0.25) is 0 Å². The number of nitrogens with zero attached hydrogens (tertiary/aromatic N) is 5. The van der Waals surface area contributed by atoms with Crippen LogP contribution in [0.5, 0.6) is 6.01 Å². The van der Waals surface area contributed by atoms with Crippen LogP contribution in [0, 0.1) is 6.92 Å². The Balaban J connectivity index is 1.39. The fraction of sp³-hybridized carbons (Fsp3) is 0.471. The Morgan fingerprint density at radius 1 is 1.19 bits per heavy atom. The van der Waals surface area contributed by atoms with Gasteiger partial charge in [0.25, 0.3) is 5.91 Å². The van der Waals surface area contributed by atoms with E-state index in [-0.39, 0.29) is 18.5 Å². The van der Waals surface area contributed by atoms with Crippen LogP contribution in [0.1, 0.15) is 18.7 Å². The Morgan fingerprint density at radius 3 is 2.73 bits per heavy atom. The molecule has 138 valence electrons. The van der Waals surface area contributed by atoms with E-state index in [0.29, 0.717) is 13.1 Å². The molecular weight excluding hydrogens is 334 g/mol. The van der Waals surface area contributed by atoms with Crippen molar-refractivity contribution in [3.05, 3.63) is 30.4 Å². The predicted molar refractivity (Wildman–Crippen MR) is 97.2 cm³/mol. The van der Waals surface area contributed by atoms with Gasteiger partial charge in [0.05, 0.1) is 0 Å². The molecule has 2 aromatic heterocycles. The Kier molecular flexibility index (Phi) is 6.13. The maximum absolute atomic E-state index is 11.8. The molecular formula is C17H23N7O2. The maximum atomic E-state index is 11.8. The normalized spacial score (nSPS) is 13.5. The molecule has 2 aromatic rings. The fourth-order valence-electron chi connectivity index (χ4n) is 2.68. The van der Waals surface area contributed by atoms with Gasteiger partial charge in [-0.1, -0.05) is 0 Å². The first kappa shape index (κ1) is 17.8. The topological polar surface area (TPSA) is 105 Å². The third-order valence-electron chi connectivity index (χ3n) is 3.88. The van der Waals surface area contributed by atoms with Crippen molar-refractivity contribution in [3.8, 4) is 6.01 Å². The molecule has 0 saturated carbocycles. The van der Waals surface area contributed by atoms with Crippen molar-refractivity contribution in [2.75, 3.05) is 43.0 Å². The third kappa shape index (κ3) is 5.27. The summed E-state index contributed by atoms with van der Waals surface area (Å²) < 4.78 is 5.19. The van der Waals surface area contributed by atoms with E-state index in [2.05, 4.69) is 35.5 Å². The summed E-state index contributed by atoms with van der Waals surface area (Å²) in [5, 5.41) is 5.99. The van der Waals surface area contributed by atoms with Gasteiger partial charge >= 0.3 is 6.01 Å². The van der Waals surface area contributed by atoms with E-state index in [0.717, 1.165) is 30.5 Å². The van der Waals surface area contributed by atoms with E-state index in [1.54, 1.807) is 18.5 Å². The molecule has 0 spiro atoms. The van der Waals surface area contributed by atoms with E-state index < -0.39 is 0 Å². The van der Waals surface area contributed by atoms with Crippen LogP contribution in [-0.4, -0.2) is 58.6 Å². The summed E-state index contributed by atoms with van der Waals surface area (Å²) in [6, 6.07) is 3.82. The fourth-order valence-corrected chi connectivity index (χ4v) is 2.68. The first-order chi connectivity index (χ1) is 12.7. The minimum Gasteiger partial charge on any atom is -0.453 e. The monoisotopic (exact) mass is 357 g/mol. The lowest BCUT2D eigenvalue weighted by molar-refractivity contribution is -0.123. The Bertz CT molecular complexity index is 720. The van der Waals surface area contributed by atoms with Gasteiger partial charge in [-0.15, -0.1) is 0 Å². The number of carbonyl (C=O) groups excluding carboxylic acids is 1. The number of aryl methyl sites for hydroxylation is 1. The number of anilines is 2. The van der Waals surface area contributed by atoms with Crippen LogP contribution in [0.4, 0.5) is 11.6 Å². The molecule has 3 rings (SSSR count). The van der Waals surface area contributed by atoms with Crippen LogP contribution in [0.3, 0.4) is 0 Å². The highest BCUT2D eigenvalue weighted by atomic mass is 16.5. The molecule has 0 unspecified atom stereocenters. The SMILES string of the molecule is Cc1nc(NCCNC(=O)COc2ncccn2)cc(N2CCCC2)n1. The van der Waals surface area contributed by atoms with E-state index >= 15 is 0 Å².